The van der Waals surface area contributed by atoms with E-state index in [0.717, 1.165) is 44.9 Å². The Morgan fingerprint density at radius 3 is 1.15 bits per heavy atom. The molecule has 6 N–H and O–H groups in total. The smallest absolute Gasteiger partial charge is 0.220 e. The number of amides is 1. The van der Waals surface area contributed by atoms with E-state index in [1.54, 1.807) is 6.08 Å². The van der Waals surface area contributed by atoms with Gasteiger partial charge in [0.1, 0.15) is 24.4 Å². The molecule has 1 rings (SSSR count). The van der Waals surface area contributed by atoms with E-state index in [1.165, 1.54) is 244 Å². The number of unbranched alkanes of at least 4 members (excludes halogenated alkanes) is 41. The highest BCUT2D eigenvalue weighted by atomic mass is 16.7. The lowest BCUT2D eigenvalue weighted by Crippen LogP contribution is -2.60. The van der Waals surface area contributed by atoms with Crippen LogP contribution in [0.1, 0.15) is 309 Å². The first kappa shape index (κ1) is 69.4. The molecule has 9 nitrogen and oxygen atoms in total. The molecule has 0 aromatic carbocycles. The van der Waals surface area contributed by atoms with Crippen LogP contribution < -0.4 is 5.32 Å². The standard InChI is InChI=1S/C64H121NO8/c1-3-5-7-9-11-13-15-17-19-21-23-24-25-26-27-28-29-30-31-32-33-34-35-36-37-39-41-43-45-47-49-51-53-58(67)57(56-72-64-63(71)62(70)61(69)59(55-66)73-64)65-60(68)54-52-50-48-46-44-42-40-38-22-20-18-16-14-12-10-8-6-4-2/h36-37,43,45,51,53,57-59,61-64,66-67,69-71H,3-35,38-42,44,46-50,52,54-56H2,1-2H3,(H,65,68)/b37-36+,45-43+,53-51+. The van der Waals surface area contributed by atoms with Crippen molar-refractivity contribution in [2.45, 2.75) is 352 Å². The summed E-state index contributed by atoms with van der Waals surface area (Å²) in [6.07, 6.45) is 63.8. The Morgan fingerprint density at radius 2 is 0.781 bits per heavy atom. The largest absolute Gasteiger partial charge is 0.394 e. The summed E-state index contributed by atoms with van der Waals surface area (Å²) in [6, 6.07) is -0.826. The number of allylic oxidation sites excluding steroid dienone is 5. The van der Waals surface area contributed by atoms with Crippen molar-refractivity contribution >= 4 is 5.91 Å². The molecule has 1 amide bonds. The Kier molecular flexibility index (Phi) is 51.2. The Hall–Kier alpha value is -1.59. The molecule has 9 heteroatoms. The number of carbonyl (C=O) groups is 1. The molecule has 0 spiro atoms. The van der Waals surface area contributed by atoms with Crippen LogP contribution in [0.25, 0.3) is 0 Å². The van der Waals surface area contributed by atoms with Crippen molar-refractivity contribution in [1.29, 1.82) is 0 Å². The van der Waals surface area contributed by atoms with Gasteiger partial charge in [0.15, 0.2) is 6.29 Å². The summed E-state index contributed by atoms with van der Waals surface area (Å²) in [7, 11) is 0. The lowest BCUT2D eigenvalue weighted by Gasteiger charge is -2.40. The summed E-state index contributed by atoms with van der Waals surface area (Å²) >= 11 is 0. The summed E-state index contributed by atoms with van der Waals surface area (Å²) in [4.78, 5) is 13.1. The van der Waals surface area contributed by atoms with Crippen molar-refractivity contribution < 1.29 is 39.8 Å². The maximum absolute atomic E-state index is 13.1. The average molecular weight is 1030 g/mol. The Bertz CT molecular complexity index is 1240. The predicted octanol–water partition coefficient (Wildman–Crippen LogP) is 16.3. The molecular weight excluding hydrogens is 911 g/mol. The van der Waals surface area contributed by atoms with Gasteiger partial charge < -0.3 is 40.3 Å². The minimum Gasteiger partial charge on any atom is -0.394 e. The number of hydrogen-bond donors (Lipinski definition) is 6. The second-order valence-electron chi connectivity index (χ2n) is 22.2. The highest BCUT2D eigenvalue weighted by Gasteiger charge is 2.44. The van der Waals surface area contributed by atoms with Gasteiger partial charge in [-0.2, -0.15) is 0 Å². The van der Waals surface area contributed by atoms with E-state index in [4.69, 9.17) is 9.47 Å². The molecule has 0 aromatic rings. The van der Waals surface area contributed by atoms with E-state index in [9.17, 15) is 30.3 Å². The average Bonchev–Trinajstić information content (AvgIpc) is 3.39. The molecule has 430 valence electrons. The van der Waals surface area contributed by atoms with E-state index in [0.29, 0.717) is 6.42 Å². The van der Waals surface area contributed by atoms with Crippen molar-refractivity contribution in [1.82, 2.24) is 5.32 Å². The molecule has 0 saturated carbocycles. The fraction of sp³-hybridized carbons (Fsp3) is 0.891. The molecule has 0 aromatic heterocycles. The predicted molar refractivity (Wildman–Crippen MR) is 309 cm³/mol. The first-order valence-electron chi connectivity index (χ1n) is 31.7. The lowest BCUT2D eigenvalue weighted by molar-refractivity contribution is -0.302. The minimum atomic E-state index is -1.57. The molecular formula is C64H121NO8. The molecule has 1 aliphatic heterocycles. The molecule has 0 bridgehead atoms. The van der Waals surface area contributed by atoms with Crippen molar-refractivity contribution in [3.63, 3.8) is 0 Å². The topological polar surface area (TPSA) is 149 Å². The van der Waals surface area contributed by atoms with Crippen LogP contribution in [0.3, 0.4) is 0 Å². The second-order valence-corrected chi connectivity index (χ2v) is 22.2. The molecule has 1 heterocycles. The van der Waals surface area contributed by atoms with Gasteiger partial charge in [-0.25, -0.2) is 0 Å². The van der Waals surface area contributed by atoms with Gasteiger partial charge in [-0.3, -0.25) is 4.79 Å². The highest BCUT2D eigenvalue weighted by molar-refractivity contribution is 5.76. The van der Waals surface area contributed by atoms with Crippen LogP contribution in [-0.2, 0) is 14.3 Å². The van der Waals surface area contributed by atoms with Gasteiger partial charge in [0.2, 0.25) is 5.91 Å². The lowest BCUT2D eigenvalue weighted by atomic mass is 9.99. The van der Waals surface area contributed by atoms with Gasteiger partial charge >= 0.3 is 0 Å². The van der Waals surface area contributed by atoms with Gasteiger partial charge in [-0.15, -0.1) is 0 Å². The van der Waals surface area contributed by atoms with Crippen molar-refractivity contribution in [3.05, 3.63) is 36.5 Å². The minimum absolute atomic E-state index is 0.186. The Labute approximate surface area is 451 Å². The van der Waals surface area contributed by atoms with E-state index in [-0.39, 0.29) is 12.5 Å². The number of aliphatic hydroxyl groups excluding tert-OH is 5. The number of aliphatic hydroxyl groups is 5. The van der Waals surface area contributed by atoms with Gasteiger partial charge in [0.25, 0.3) is 0 Å². The van der Waals surface area contributed by atoms with Gasteiger partial charge in [0, 0.05) is 6.42 Å². The quantitative estimate of drug-likeness (QED) is 0.0261. The third kappa shape index (κ3) is 43.1. The highest BCUT2D eigenvalue weighted by Crippen LogP contribution is 2.23. The van der Waals surface area contributed by atoms with Crippen LogP contribution in [0.4, 0.5) is 0 Å². The van der Waals surface area contributed by atoms with Crippen LogP contribution in [0.15, 0.2) is 36.5 Å². The summed E-state index contributed by atoms with van der Waals surface area (Å²) in [5, 5.41) is 54.5. The number of rotatable bonds is 55. The zero-order valence-electron chi connectivity index (χ0n) is 47.9. The van der Waals surface area contributed by atoms with E-state index < -0.39 is 49.5 Å². The van der Waals surface area contributed by atoms with Gasteiger partial charge in [-0.1, -0.05) is 294 Å². The second kappa shape index (κ2) is 53.8. The number of ether oxygens (including phenoxy) is 2. The zero-order valence-corrected chi connectivity index (χ0v) is 47.9. The van der Waals surface area contributed by atoms with Gasteiger partial charge in [0.05, 0.1) is 25.4 Å². The van der Waals surface area contributed by atoms with E-state index in [1.807, 2.05) is 6.08 Å². The Balaban J connectivity index is 2.18. The molecule has 1 fully saturated rings. The van der Waals surface area contributed by atoms with Gasteiger partial charge in [-0.05, 0) is 44.9 Å². The molecule has 7 atom stereocenters. The summed E-state index contributed by atoms with van der Waals surface area (Å²) in [5.41, 5.74) is 0. The summed E-state index contributed by atoms with van der Waals surface area (Å²) < 4.78 is 11.3. The third-order valence-corrected chi connectivity index (χ3v) is 15.2. The number of nitrogens with one attached hydrogen (secondary N) is 1. The maximum atomic E-state index is 13.1. The van der Waals surface area contributed by atoms with Crippen LogP contribution in [0.2, 0.25) is 0 Å². The van der Waals surface area contributed by atoms with Crippen LogP contribution in [0.5, 0.6) is 0 Å². The monoisotopic (exact) mass is 1030 g/mol. The van der Waals surface area contributed by atoms with Crippen LogP contribution in [-0.4, -0.2) is 87.5 Å². The summed E-state index contributed by atoms with van der Waals surface area (Å²) in [5.74, 6) is -0.186. The van der Waals surface area contributed by atoms with Crippen LogP contribution in [0, 0.1) is 0 Å². The Morgan fingerprint density at radius 1 is 0.452 bits per heavy atom. The number of carbonyl (C=O) groups excluding carboxylic acids is 1. The number of hydrogen-bond acceptors (Lipinski definition) is 8. The SMILES string of the molecule is CCCCCCCCCCCCCCCCCCCCCCCC/C=C/CC/C=C/CC/C=C/C(O)C(COC1OC(CO)C(O)C(O)C1O)NC(=O)CCCCCCCCCCCCCCCCCCCC. The maximum Gasteiger partial charge on any atom is 0.220 e. The first-order valence-corrected chi connectivity index (χ1v) is 31.7. The molecule has 73 heavy (non-hydrogen) atoms. The zero-order chi connectivity index (χ0) is 52.9. The van der Waals surface area contributed by atoms with Crippen molar-refractivity contribution in [2.24, 2.45) is 0 Å². The third-order valence-electron chi connectivity index (χ3n) is 15.2. The molecule has 1 aliphatic rings. The summed E-state index contributed by atoms with van der Waals surface area (Å²) in [6.45, 7) is 3.80. The fourth-order valence-corrected chi connectivity index (χ4v) is 10.2. The molecule has 0 aliphatic carbocycles. The van der Waals surface area contributed by atoms with Crippen molar-refractivity contribution in [3.8, 4) is 0 Å². The molecule has 7 unspecified atom stereocenters. The molecule has 1 saturated heterocycles. The van der Waals surface area contributed by atoms with Crippen LogP contribution >= 0.6 is 0 Å². The fourth-order valence-electron chi connectivity index (χ4n) is 10.2. The van der Waals surface area contributed by atoms with E-state index in [2.05, 4.69) is 43.5 Å². The van der Waals surface area contributed by atoms with E-state index >= 15 is 0 Å². The normalized spacial score (nSPS) is 19.2. The first-order chi connectivity index (χ1) is 35.8. The molecule has 0 radical (unpaired) electrons. The van der Waals surface area contributed by atoms with Crippen molar-refractivity contribution in [2.75, 3.05) is 13.2 Å².